The molecule has 0 aromatic carbocycles. The normalized spacial score (nSPS) is 10.9. The minimum atomic E-state index is -0.486. The van der Waals surface area contributed by atoms with Crippen molar-refractivity contribution in [2.45, 2.75) is 6.54 Å². The van der Waals surface area contributed by atoms with Crippen molar-refractivity contribution in [1.82, 2.24) is 15.2 Å². The molecule has 16 heavy (non-hydrogen) atoms. The lowest BCUT2D eigenvalue weighted by atomic mass is 10.4. The molecule has 0 unspecified atom stereocenters. The topological polar surface area (TPSA) is 113 Å². The first-order chi connectivity index (χ1) is 7.67. The maximum absolute atomic E-state index is 11.2. The molecular formula is C8H8N4O4. The van der Waals surface area contributed by atoms with Gasteiger partial charge in [0.15, 0.2) is 6.29 Å². The molecule has 0 aliphatic rings. The molecule has 0 radical (unpaired) electrons. The van der Waals surface area contributed by atoms with E-state index in [2.05, 4.69) is 10.2 Å². The third-order valence-electron chi connectivity index (χ3n) is 1.61. The van der Waals surface area contributed by atoms with Gasteiger partial charge >= 0.3 is 0 Å². The van der Waals surface area contributed by atoms with Gasteiger partial charge in [0.05, 0.1) is 6.54 Å². The van der Waals surface area contributed by atoms with Crippen LogP contribution in [0.2, 0.25) is 0 Å². The summed E-state index contributed by atoms with van der Waals surface area (Å²) in [6.45, 7) is -0.223. The highest BCUT2D eigenvalue weighted by molar-refractivity contribution is 6.28. The van der Waals surface area contributed by atoms with E-state index >= 15 is 0 Å². The SMILES string of the molecule is O=CN/N=C(\C=O)Cn1[nH]c(=O)ccc1=O. The summed E-state index contributed by atoms with van der Waals surface area (Å²) >= 11 is 0. The fraction of sp³-hybridized carbons (Fsp3) is 0.125. The quantitative estimate of drug-likeness (QED) is 0.337. The fourth-order valence-corrected chi connectivity index (χ4v) is 0.950. The van der Waals surface area contributed by atoms with Gasteiger partial charge in [-0.05, 0) is 0 Å². The molecule has 1 aromatic heterocycles. The lowest BCUT2D eigenvalue weighted by Gasteiger charge is -2.02. The van der Waals surface area contributed by atoms with Gasteiger partial charge in [0.1, 0.15) is 5.71 Å². The number of hydrazone groups is 1. The maximum Gasteiger partial charge on any atom is 0.265 e. The molecule has 1 rings (SSSR count). The van der Waals surface area contributed by atoms with Gasteiger partial charge in [-0.15, -0.1) is 0 Å². The van der Waals surface area contributed by atoms with E-state index in [-0.39, 0.29) is 18.7 Å². The second kappa shape index (κ2) is 5.39. The number of H-pyrrole nitrogens is 1. The Morgan fingerprint density at radius 2 is 2.19 bits per heavy atom. The van der Waals surface area contributed by atoms with Gasteiger partial charge in [-0.1, -0.05) is 0 Å². The zero-order valence-corrected chi connectivity index (χ0v) is 8.04. The first kappa shape index (κ1) is 11.6. The molecule has 8 heteroatoms. The van der Waals surface area contributed by atoms with Crippen LogP contribution in [0.15, 0.2) is 26.8 Å². The molecule has 1 heterocycles. The lowest BCUT2D eigenvalue weighted by Crippen LogP contribution is -2.31. The van der Waals surface area contributed by atoms with Crippen molar-refractivity contribution in [3.05, 3.63) is 32.8 Å². The molecule has 0 fully saturated rings. The van der Waals surface area contributed by atoms with Crippen molar-refractivity contribution in [2.75, 3.05) is 0 Å². The van der Waals surface area contributed by atoms with Gasteiger partial charge in [-0.2, -0.15) is 5.10 Å². The molecule has 0 bridgehead atoms. The molecule has 0 aliphatic heterocycles. The monoisotopic (exact) mass is 224 g/mol. The molecule has 84 valence electrons. The number of hydrogen-bond acceptors (Lipinski definition) is 5. The van der Waals surface area contributed by atoms with Crippen LogP contribution in [-0.4, -0.2) is 28.2 Å². The number of rotatable bonds is 5. The smallest absolute Gasteiger partial charge is 0.265 e. The highest BCUT2D eigenvalue weighted by Crippen LogP contribution is 1.77. The number of aldehydes is 1. The summed E-state index contributed by atoms with van der Waals surface area (Å²) in [6.07, 6.45) is 0.647. The van der Waals surface area contributed by atoms with E-state index < -0.39 is 11.1 Å². The van der Waals surface area contributed by atoms with Crippen LogP contribution in [0.1, 0.15) is 0 Å². The van der Waals surface area contributed by atoms with Gasteiger partial charge in [-0.3, -0.25) is 24.3 Å². The van der Waals surface area contributed by atoms with Crippen LogP contribution < -0.4 is 16.5 Å². The zero-order chi connectivity index (χ0) is 12.0. The van der Waals surface area contributed by atoms with Crippen molar-refractivity contribution < 1.29 is 9.59 Å². The molecule has 8 nitrogen and oxygen atoms in total. The van der Waals surface area contributed by atoms with Crippen molar-refractivity contribution in [2.24, 2.45) is 5.10 Å². The first-order valence-corrected chi connectivity index (χ1v) is 4.18. The highest BCUT2D eigenvalue weighted by atomic mass is 16.2. The molecule has 1 amide bonds. The van der Waals surface area contributed by atoms with Crippen molar-refractivity contribution in [1.29, 1.82) is 0 Å². The number of aromatic amines is 1. The van der Waals surface area contributed by atoms with E-state index in [1.165, 1.54) is 0 Å². The Kier molecular flexibility index (Phi) is 3.90. The van der Waals surface area contributed by atoms with E-state index in [1.54, 1.807) is 0 Å². The number of nitrogens with zero attached hydrogens (tertiary/aromatic N) is 2. The Labute approximate surface area is 88.6 Å². The summed E-state index contributed by atoms with van der Waals surface area (Å²) in [5.74, 6) is 0. The number of nitrogens with one attached hydrogen (secondary N) is 2. The number of aromatic nitrogens is 2. The summed E-state index contributed by atoms with van der Waals surface area (Å²) in [4.78, 5) is 42.6. The fourth-order valence-electron chi connectivity index (χ4n) is 0.950. The van der Waals surface area contributed by atoms with Crippen LogP contribution in [0.25, 0.3) is 0 Å². The summed E-state index contributed by atoms with van der Waals surface area (Å²) < 4.78 is 0.905. The minimum absolute atomic E-state index is 0.101. The van der Waals surface area contributed by atoms with Crippen molar-refractivity contribution >= 4 is 18.4 Å². The van der Waals surface area contributed by atoms with E-state index in [9.17, 15) is 19.2 Å². The van der Waals surface area contributed by atoms with Crippen LogP contribution in [0.3, 0.4) is 0 Å². The Bertz CT molecular complexity index is 527. The second-order valence-electron chi connectivity index (χ2n) is 2.70. The Morgan fingerprint density at radius 1 is 1.44 bits per heavy atom. The van der Waals surface area contributed by atoms with Crippen LogP contribution in [0.5, 0.6) is 0 Å². The molecule has 0 spiro atoms. The Balaban J connectivity index is 2.98. The van der Waals surface area contributed by atoms with Gasteiger partial charge in [-0.25, -0.2) is 10.1 Å². The van der Waals surface area contributed by atoms with Crippen molar-refractivity contribution in [3.8, 4) is 0 Å². The van der Waals surface area contributed by atoms with Crippen LogP contribution in [-0.2, 0) is 16.1 Å². The zero-order valence-electron chi connectivity index (χ0n) is 8.04. The van der Waals surface area contributed by atoms with E-state index in [1.807, 2.05) is 5.43 Å². The maximum atomic E-state index is 11.2. The lowest BCUT2D eigenvalue weighted by molar-refractivity contribution is -0.109. The standard InChI is InChI=1S/C8H8N4O4/c13-4-6(10-9-5-14)3-12-8(16)2-1-7(15)11-12/h1-2,4-5H,3H2,(H,9,14)(H,11,15)/b10-6-. The number of amides is 1. The van der Waals surface area contributed by atoms with Crippen LogP contribution in [0, 0.1) is 0 Å². The summed E-state index contributed by atoms with van der Waals surface area (Å²) in [7, 11) is 0. The predicted octanol–water partition coefficient (Wildman–Crippen LogP) is -2.16. The van der Waals surface area contributed by atoms with Crippen LogP contribution >= 0.6 is 0 Å². The summed E-state index contributed by atoms with van der Waals surface area (Å²) in [6, 6.07) is 2.13. The van der Waals surface area contributed by atoms with E-state index in [0.29, 0.717) is 6.29 Å². The minimum Gasteiger partial charge on any atom is -0.296 e. The van der Waals surface area contributed by atoms with E-state index in [4.69, 9.17) is 0 Å². The average molecular weight is 224 g/mol. The molecule has 0 atom stereocenters. The largest absolute Gasteiger partial charge is 0.296 e. The highest BCUT2D eigenvalue weighted by Gasteiger charge is 2.02. The molecule has 2 N–H and O–H groups in total. The Hall–Kier alpha value is -2.51. The van der Waals surface area contributed by atoms with Gasteiger partial charge in [0.25, 0.3) is 11.1 Å². The molecule has 0 aliphatic carbocycles. The third-order valence-corrected chi connectivity index (χ3v) is 1.61. The molecule has 0 saturated carbocycles. The van der Waals surface area contributed by atoms with E-state index in [0.717, 1.165) is 16.8 Å². The van der Waals surface area contributed by atoms with Crippen molar-refractivity contribution in [3.63, 3.8) is 0 Å². The Morgan fingerprint density at radius 3 is 2.81 bits per heavy atom. The summed E-state index contributed by atoms with van der Waals surface area (Å²) in [5.41, 5.74) is 0.857. The number of carbonyl (C=O) groups is 2. The first-order valence-electron chi connectivity index (χ1n) is 4.18. The number of hydrogen-bond donors (Lipinski definition) is 2. The summed E-state index contributed by atoms with van der Waals surface area (Å²) in [5, 5.41) is 5.59. The van der Waals surface area contributed by atoms with Gasteiger partial charge in [0, 0.05) is 12.1 Å². The molecule has 1 aromatic rings. The third kappa shape index (κ3) is 3.01. The number of carbonyl (C=O) groups excluding carboxylic acids is 2. The average Bonchev–Trinajstić information content (AvgIpc) is 2.28. The second-order valence-corrected chi connectivity index (χ2v) is 2.70. The van der Waals surface area contributed by atoms with Gasteiger partial charge < -0.3 is 0 Å². The van der Waals surface area contributed by atoms with Crippen LogP contribution in [0.4, 0.5) is 0 Å². The molecule has 0 saturated heterocycles. The van der Waals surface area contributed by atoms with Gasteiger partial charge in [0.2, 0.25) is 6.41 Å². The molecular weight excluding hydrogens is 216 g/mol. The predicted molar refractivity (Wildman–Crippen MR) is 54.0 cm³/mol.